The summed E-state index contributed by atoms with van der Waals surface area (Å²) >= 11 is 0. The van der Waals surface area contributed by atoms with Gasteiger partial charge < -0.3 is 10.1 Å². The fraction of sp³-hybridized carbons (Fsp3) is 0.600. The van der Waals surface area contributed by atoms with Gasteiger partial charge in [0.05, 0.1) is 6.61 Å². The van der Waals surface area contributed by atoms with Gasteiger partial charge in [-0.25, -0.2) is 4.39 Å². The normalized spacial score (nSPS) is 12.7. The van der Waals surface area contributed by atoms with Gasteiger partial charge in [0.25, 0.3) is 0 Å². The van der Waals surface area contributed by atoms with Gasteiger partial charge in [-0.15, -0.1) is 0 Å². The van der Waals surface area contributed by atoms with Gasteiger partial charge in [-0.05, 0) is 49.6 Å². The molecule has 1 N–H and O–H groups in total. The molecule has 0 bridgehead atoms. The Morgan fingerprint density at radius 2 is 2.11 bits per heavy atom. The molecule has 3 heteroatoms. The van der Waals surface area contributed by atoms with E-state index in [1.807, 2.05) is 13.0 Å². The number of rotatable bonds is 8. The van der Waals surface area contributed by atoms with Crippen molar-refractivity contribution in [2.75, 3.05) is 19.8 Å². The van der Waals surface area contributed by atoms with Gasteiger partial charge in [0.1, 0.15) is 5.82 Å². The van der Waals surface area contributed by atoms with Crippen molar-refractivity contribution in [3.05, 3.63) is 35.1 Å². The molecular weight excluding hydrogens is 229 g/mol. The fourth-order valence-electron chi connectivity index (χ4n) is 1.97. The fourth-order valence-corrected chi connectivity index (χ4v) is 1.97. The van der Waals surface area contributed by atoms with Crippen LogP contribution in [0.2, 0.25) is 0 Å². The highest BCUT2D eigenvalue weighted by molar-refractivity contribution is 5.27. The number of halogens is 1. The third-order valence-corrected chi connectivity index (χ3v) is 2.94. The smallest absolute Gasteiger partial charge is 0.123 e. The highest BCUT2D eigenvalue weighted by Crippen LogP contribution is 2.12. The first-order chi connectivity index (χ1) is 8.67. The van der Waals surface area contributed by atoms with Crippen LogP contribution in [0.4, 0.5) is 4.39 Å². The third-order valence-electron chi connectivity index (χ3n) is 2.94. The largest absolute Gasteiger partial charge is 0.380 e. The van der Waals surface area contributed by atoms with Crippen molar-refractivity contribution in [3.8, 4) is 0 Å². The molecule has 0 saturated carbocycles. The van der Waals surface area contributed by atoms with E-state index in [9.17, 15) is 4.39 Å². The van der Waals surface area contributed by atoms with E-state index >= 15 is 0 Å². The molecule has 0 amide bonds. The minimum absolute atomic E-state index is 0.166. The van der Waals surface area contributed by atoms with Crippen LogP contribution in [0.1, 0.15) is 31.4 Å². The second-order valence-corrected chi connectivity index (χ2v) is 4.60. The quantitative estimate of drug-likeness (QED) is 0.719. The van der Waals surface area contributed by atoms with Gasteiger partial charge >= 0.3 is 0 Å². The summed E-state index contributed by atoms with van der Waals surface area (Å²) in [6, 6.07) is 5.22. The molecule has 0 aliphatic rings. The summed E-state index contributed by atoms with van der Waals surface area (Å²) in [4.78, 5) is 0. The van der Waals surface area contributed by atoms with Crippen LogP contribution >= 0.6 is 0 Å². The minimum Gasteiger partial charge on any atom is -0.380 e. The molecule has 0 spiro atoms. The van der Waals surface area contributed by atoms with Gasteiger partial charge in [0, 0.05) is 12.6 Å². The van der Waals surface area contributed by atoms with Crippen molar-refractivity contribution in [1.82, 2.24) is 5.32 Å². The van der Waals surface area contributed by atoms with Crippen LogP contribution in [0, 0.1) is 12.7 Å². The lowest BCUT2D eigenvalue weighted by Gasteiger charge is -2.19. The molecule has 1 aromatic rings. The van der Waals surface area contributed by atoms with Crippen LogP contribution in [0.25, 0.3) is 0 Å². The second-order valence-electron chi connectivity index (χ2n) is 4.60. The van der Waals surface area contributed by atoms with Crippen LogP contribution in [-0.4, -0.2) is 25.8 Å². The van der Waals surface area contributed by atoms with Crippen molar-refractivity contribution in [3.63, 3.8) is 0 Å². The van der Waals surface area contributed by atoms with Crippen molar-refractivity contribution in [1.29, 1.82) is 0 Å². The van der Waals surface area contributed by atoms with E-state index < -0.39 is 0 Å². The Hall–Kier alpha value is -0.930. The monoisotopic (exact) mass is 253 g/mol. The molecular formula is C15H24FNO. The maximum atomic E-state index is 13.2. The Bertz CT molecular complexity index is 354. The van der Waals surface area contributed by atoms with E-state index in [0.29, 0.717) is 6.61 Å². The molecule has 0 aliphatic carbocycles. The molecule has 0 radical (unpaired) electrons. The van der Waals surface area contributed by atoms with Crippen LogP contribution in [0.15, 0.2) is 18.2 Å². The zero-order chi connectivity index (χ0) is 13.4. The van der Waals surface area contributed by atoms with Crippen LogP contribution in [0.5, 0.6) is 0 Å². The van der Waals surface area contributed by atoms with Crippen molar-refractivity contribution < 1.29 is 9.13 Å². The predicted octanol–water partition coefficient (Wildman–Crippen LogP) is 3.08. The molecule has 0 heterocycles. The molecule has 0 aliphatic heterocycles. The number of ether oxygens (including phenoxy) is 1. The highest BCUT2D eigenvalue weighted by Gasteiger charge is 2.11. The summed E-state index contributed by atoms with van der Waals surface area (Å²) in [6.07, 6.45) is 1.83. The molecule has 18 heavy (non-hydrogen) atoms. The molecule has 0 aromatic heterocycles. The molecule has 1 aromatic carbocycles. The van der Waals surface area contributed by atoms with Crippen molar-refractivity contribution in [2.45, 2.75) is 39.7 Å². The molecule has 0 saturated heterocycles. The van der Waals surface area contributed by atoms with E-state index in [2.05, 4.69) is 19.2 Å². The van der Waals surface area contributed by atoms with E-state index in [-0.39, 0.29) is 11.9 Å². The number of hydrogen-bond acceptors (Lipinski definition) is 2. The van der Waals surface area contributed by atoms with Crippen LogP contribution in [0.3, 0.4) is 0 Å². The summed E-state index contributed by atoms with van der Waals surface area (Å²) in [7, 11) is 0. The zero-order valence-corrected chi connectivity index (χ0v) is 11.6. The lowest BCUT2D eigenvalue weighted by Crippen LogP contribution is -2.35. The van der Waals surface area contributed by atoms with Gasteiger partial charge in [-0.3, -0.25) is 0 Å². The summed E-state index contributed by atoms with van der Waals surface area (Å²) < 4.78 is 18.8. The van der Waals surface area contributed by atoms with Gasteiger partial charge in [-0.2, -0.15) is 0 Å². The average Bonchev–Trinajstić information content (AvgIpc) is 2.34. The van der Waals surface area contributed by atoms with Crippen LogP contribution < -0.4 is 5.32 Å². The van der Waals surface area contributed by atoms with Crippen molar-refractivity contribution in [2.24, 2.45) is 0 Å². The molecule has 0 fully saturated rings. The highest BCUT2D eigenvalue weighted by atomic mass is 19.1. The maximum Gasteiger partial charge on any atom is 0.123 e. The van der Waals surface area contributed by atoms with Crippen LogP contribution in [-0.2, 0) is 11.2 Å². The Kier molecular flexibility index (Phi) is 6.91. The van der Waals surface area contributed by atoms with Gasteiger partial charge in [0.15, 0.2) is 0 Å². The Labute approximate surface area is 110 Å². The standard InChI is InChI=1S/C15H24FNO/c1-4-8-18-11-15(17-5-2)10-13-9-14(16)7-6-12(13)3/h6-7,9,15,17H,4-5,8,10-11H2,1-3H3. The molecule has 102 valence electrons. The number of hydrogen-bond donors (Lipinski definition) is 1. The Morgan fingerprint density at radius 1 is 1.33 bits per heavy atom. The zero-order valence-electron chi connectivity index (χ0n) is 11.6. The summed E-state index contributed by atoms with van der Waals surface area (Å²) in [5.74, 6) is -0.166. The van der Waals surface area contributed by atoms with E-state index in [1.54, 1.807) is 6.07 Å². The first kappa shape index (κ1) is 15.1. The maximum absolute atomic E-state index is 13.2. The number of nitrogens with one attached hydrogen (secondary N) is 1. The average molecular weight is 253 g/mol. The lowest BCUT2D eigenvalue weighted by molar-refractivity contribution is 0.112. The first-order valence-corrected chi connectivity index (χ1v) is 6.73. The van der Waals surface area contributed by atoms with Crippen molar-refractivity contribution >= 4 is 0 Å². The molecule has 2 nitrogen and oxygen atoms in total. The summed E-state index contributed by atoms with van der Waals surface area (Å²) in [6.45, 7) is 8.55. The number of benzene rings is 1. The number of aryl methyl sites for hydroxylation is 1. The van der Waals surface area contributed by atoms with E-state index in [0.717, 1.165) is 37.1 Å². The molecule has 1 unspecified atom stereocenters. The molecule has 1 atom stereocenters. The minimum atomic E-state index is -0.166. The Balaban J connectivity index is 2.60. The summed E-state index contributed by atoms with van der Waals surface area (Å²) in [5.41, 5.74) is 2.19. The SMILES string of the molecule is CCCOCC(Cc1cc(F)ccc1C)NCC. The number of likely N-dealkylation sites (N-methyl/N-ethyl adjacent to an activating group) is 1. The first-order valence-electron chi connectivity index (χ1n) is 6.73. The molecule has 1 rings (SSSR count). The second kappa shape index (κ2) is 8.22. The topological polar surface area (TPSA) is 21.3 Å². The lowest BCUT2D eigenvalue weighted by atomic mass is 10.0. The third kappa shape index (κ3) is 5.15. The predicted molar refractivity (Wildman–Crippen MR) is 73.4 cm³/mol. The summed E-state index contributed by atoms with van der Waals surface area (Å²) in [5, 5.41) is 3.39. The van der Waals surface area contributed by atoms with E-state index in [1.165, 1.54) is 6.07 Å². The van der Waals surface area contributed by atoms with Gasteiger partial charge in [0.2, 0.25) is 0 Å². The Morgan fingerprint density at radius 3 is 2.78 bits per heavy atom. The van der Waals surface area contributed by atoms with E-state index in [4.69, 9.17) is 4.74 Å². The van der Waals surface area contributed by atoms with Gasteiger partial charge in [-0.1, -0.05) is 19.9 Å².